The summed E-state index contributed by atoms with van der Waals surface area (Å²) in [5.41, 5.74) is 5.42. The van der Waals surface area contributed by atoms with Crippen LogP contribution in [0.4, 0.5) is 0 Å². The summed E-state index contributed by atoms with van der Waals surface area (Å²) in [6, 6.07) is 0. The Hall–Kier alpha value is -0.990. The molecular weight excluding hydrogens is 1120 g/mol. The molecule has 0 fully saturated rings. The summed E-state index contributed by atoms with van der Waals surface area (Å²) in [4.78, 5) is 35.5. The molecule has 2 atom stereocenters. The number of phosphoric ester groups is 1. The van der Waals surface area contributed by atoms with Crippen molar-refractivity contribution < 1.29 is 37.6 Å². The second-order valence-electron chi connectivity index (χ2n) is 28.0. The van der Waals surface area contributed by atoms with Crippen LogP contribution in [-0.2, 0) is 32.7 Å². The van der Waals surface area contributed by atoms with E-state index in [4.69, 9.17) is 24.3 Å². The van der Waals surface area contributed by atoms with E-state index in [-0.39, 0.29) is 32.1 Å². The molecule has 532 valence electrons. The van der Waals surface area contributed by atoms with Crippen LogP contribution in [-0.4, -0.2) is 49.3 Å². The minimum absolute atomic E-state index is 0.0590. The highest BCUT2D eigenvalue weighted by Gasteiger charge is 2.26. The smallest absolute Gasteiger partial charge is 0.462 e. The molecule has 0 bridgehead atoms. The summed E-state index contributed by atoms with van der Waals surface area (Å²) in [7, 11) is -4.39. The van der Waals surface area contributed by atoms with Crippen molar-refractivity contribution in [2.45, 2.75) is 469 Å². The molecule has 0 aromatic carbocycles. The van der Waals surface area contributed by atoms with Crippen LogP contribution >= 0.6 is 7.82 Å². The van der Waals surface area contributed by atoms with Gasteiger partial charge in [-0.25, -0.2) is 4.57 Å². The first-order valence-electron chi connectivity index (χ1n) is 40.5. The summed E-state index contributed by atoms with van der Waals surface area (Å²) >= 11 is 0. The van der Waals surface area contributed by atoms with Crippen LogP contribution in [0.5, 0.6) is 0 Å². The van der Waals surface area contributed by atoms with Gasteiger partial charge in [0.15, 0.2) is 6.10 Å². The van der Waals surface area contributed by atoms with E-state index in [2.05, 4.69) is 13.8 Å². The molecule has 0 aliphatic rings. The van der Waals surface area contributed by atoms with Crippen LogP contribution in [0.15, 0.2) is 0 Å². The quantitative estimate of drug-likeness (QED) is 0.0347. The first-order valence-corrected chi connectivity index (χ1v) is 42.0. The molecule has 0 heterocycles. The molecule has 0 amide bonds. The third-order valence-corrected chi connectivity index (χ3v) is 20.0. The highest BCUT2D eigenvalue weighted by molar-refractivity contribution is 7.47. The first kappa shape index (κ1) is 88.0. The summed E-state index contributed by atoms with van der Waals surface area (Å²) in [5, 5.41) is 0. The summed E-state index contributed by atoms with van der Waals surface area (Å²) in [6.45, 7) is 3.86. The molecule has 0 aliphatic carbocycles. The van der Waals surface area contributed by atoms with E-state index in [1.54, 1.807) is 0 Å². The molecule has 3 N–H and O–H groups in total. The maximum atomic E-state index is 12.8. The molecule has 0 aromatic rings. The van der Waals surface area contributed by atoms with E-state index < -0.39 is 26.5 Å². The van der Waals surface area contributed by atoms with Gasteiger partial charge in [0.25, 0.3) is 0 Å². The molecule has 0 aromatic heterocycles. The number of carbonyl (C=O) groups excluding carboxylic acids is 2. The maximum Gasteiger partial charge on any atom is 0.472 e. The minimum Gasteiger partial charge on any atom is -0.462 e. The Morgan fingerprint density at radius 2 is 0.483 bits per heavy atom. The van der Waals surface area contributed by atoms with Gasteiger partial charge in [-0.15, -0.1) is 0 Å². The first-order chi connectivity index (χ1) is 43.8. The zero-order chi connectivity index (χ0) is 64.4. The highest BCUT2D eigenvalue weighted by atomic mass is 31.2. The molecule has 10 heteroatoms. The Morgan fingerprint density at radius 3 is 0.685 bits per heavy atom. The van der Waals surface area contributed by atoms with Crippen LogP contribution in [0.2, 0.25) is 0 Å². The van der Waals surface area contributed by atoms with Gasteiger partial charge in [0.2, 0.25) is 0 Å². The number of unbranched alkanes of at least 4 members (excludes halogenated alkanes) is 66. The molecule has 0 aliphatic heterocycles. The number of nitrogens with two attached hydrogens (primary N) is 1. The van der Waals surface area contributed by atoms with E-state index >= 15 is 0 Å². The van der Waals surface area contributed by atoms with Crippen LogP contribution < -0.4 is 5.73 Å². The largest absolute Gasteiger partial charge is 0.472 e. The van der Waals surface area contributed by atoms with Crippen molar-refractivity contribution in [3.63, 3.8) is 0 Å². The lowest BCUT2D eigenvalue weighted by molar-refractivity contribution is -0.161. The van der Waals surface area contributed by atoms with Crippen molar-refractivity contribution in [3.8, 4) is 0 Å². The maximum absolute atomic E-state index is 12.8. The van der Waals surface area contributed by atoms with Crippen LogP contribution in [0.3, 0.4) is 0 Å². The van der Waals surface area contributed by atoms with Gasteiger partial charge in [0.05, 0.1) is 13.2 Å². The number of hydrogen-bond acceptors (Lipinski definition) is 8. The molecule has 9 nitrogen and oxygen atoms in total. The molecule has 0 radical (unpaired) electrons. The lowest BCUT2D eigenvalue weighted by Gasteiger charge is -2.19. The number of ether oxygens (including phenoxy) is 2. The predicted octanol–water partition coefficient (Wildman–Crippen LogP) is 26.9. The molecule has 0 rings (SSSR count). The van der Waals surface area contributed by atoms with E-state index in [1.165, 1.54) is 398 Å². The predicted molar refractivity (Wildman–Crippen MR) is 386 cm³/mol. The van der Waals surface area contributed by atoms with Crippen molar-refractivity contribution in [1.29, 1.82) is 0 Å². The van der Waals surface area contributed by atoms with E-state index in [0.29, 0.717) is 12.8 Å². The average molecular weight is 1280 g/mol. The Balaban J connectivity index is 3.72. The fourth-order valence-electron chi connectivity index (χ4n) is 13.0. The number of esters is 2. The lowest BCUT2D eigenvalue weighted by Crippen LogP contribution is -2.29. The third-order valence-electron chi connectivity index (χ3n) is 19.0. The van der Waals surface area contributed by atoms with E-state index in [9.17, 15) is 19.0 Å². The number of phosphoric acid groups is 1. The van der Waals surface area contributed by atoms with Crippen molar-refractivity contribution in [1.82, 2.24) is 0 Å². The molecule has 0 saturated heterocycles. The lowest BCUT2D eigenvalue weighted by atomic mass is 10.0. The summed E-state index contributed by atoms with van der Waals surface area (Å²) < 4.78 is 33.3. The van der Waals surface area contributed by atoms with Gasteiger partial charge in [0.1, 0.15) is 6.61 Å². The fourth-order valence-corrected chi connectivity index (χ4v) is 13.8. The molecular formula is C79H158NO8P. The average Bonchev–Trinajstić information content (AvgIpc) is 3.54. The Bertz CT molecular complexity index is 1420. The topological polar surface area (TPSA) is 134 Å². The minimum atomic E-state index is -4.39. The Kier molecular flexibility index (Phi) is 75.2. The zero-order valence-corrected chi connectivity index (χ0v) is 61.1. The number of rotatable bonds is 79. The normalized spacial score (nSPS) is 12.7. The summed E-state index contributed by atoms with van der Waals surface area (Å²) in [6.07, 6.45) is 92.6. The molecule has 89 heavy (non-hydrogen) atoms. The highest BCUT2D eigenvalue weighted by Crippen LogP contribution is 2.43. The van der Waals surface area contributed by atoms with Gasteiger partial charge in [-0.1, -0.05) is 438 Å². The molecule has 2 unspecified atom stereocenters. The van der Waals surface area contributed by atoms with Crippen molar-refractivity contribution in [2.24, 2.45) is 5.73 Å². The molecule has 0 saturated carbocycles. The summed E-state index contributed by atoms with van der Waals surface area (Å²) in [5.74, 6) is -0.794. The van der Waals surface area contributed by atoms with E-state index in [0.717, 1.165) is 32.1 Å². The van der Waals surface area contributed by atoms with Crippen molar-refractivity contribution in [2.75, 3.05) is 26.4 Å². The SMILES string of the molecule is CCCCCCCCCCCCCCCCCCCCCCCCCCCCCCCCCCCCCCC(=O)OC(COC(=O)CCCCCCCCCCCCCCCCCCCCCCCCCCCCCCCCCC)COP(=O)(O)OCCN. The van der Waals surface area contributed by atoms with Crippen molar-refractivity contribution >= 4 is 19.8 Å². The van der Waals surface area contributed by atoms with Gasteiger partial charge >= 0.3 is 19.8 Å². The van der Waals surface area contributed by atoms with Crippen LogP contribution in [0.25, 0.3) is 0 Å². The Morgan fingerprint density at radius 1 is 0.292 bits per heavy atom. The molecule has 0 spiro atoms. The van der Waals surface area contributed by atoms with Gasteiger partial charge < -0.3 is 20.1 Å². The standard InChI is InChI=1S/C79H158NO8P/c1-3-5-7-9-11-13-15-17-19-21-23-25-27-29-31-33-35-37-38-39-40-42-44-46-48-50-52-54-56-58-60-62-64-66-68-70-72-79(82)88-77(76-87-89(83,84)86-74-73-80)75-85-78(81)71-69-67-65-63-61-59-57-55-53-51-49-47-45-43-41-36-34-32-30-28-26-24-22-20-18-16-14-12-10-8-6-4-2/h77H,3-76,80H2,1-2H3,(H,83,84). The van der Waals surface area contributed by atoms with Gasteiger partial charge in [0, 0.05) is 19.4 Å². The zero-order valence-electron chi connectivity index (χ0n) is 60.2. The van der Waals surface area contributed by atoms with E-state index in [1.807, 2.05) is 0 Å². The third kappa shape index (κ3) is 75.9. The van der Waals surface area contributed by atoms with Crippen LogP contribution in [0.1, 0.15) is 463 Å². The monoisotopic (exact) mass is 1280 g/mol. The van der Waals surface area contributed by atoms with Gasteiger partial charge in [-0.3, -0.25) is 18.6 Å². The number of hydrogen-bond donors (Lipinski definition) is 2. The second-order valence-corrected chi connectivity index (χ2v) is 29.5. The van der Waals surface area contributed by atoms with Crippen molar-refractivity contribution in [3.05, 3.63) is 0 Å². The van der Waals surface area contributed by atoms with Crippen LogP contribution in [0, 0.1) is 0 Å². The van der Waals surface area contributed by atoms with Gasteiger partial charge in [-0.05, 0) is 12.8 Å². The Labute approximate surface area is 556 Å². The number of carbonyl (C=O) groups is 2. The van der Waals surface area contributed by atoms with Gasteiger partial charge in [-0.2, -0.15) is 0 Å². The second kappa shape index (κ2) is 76.0. The fraction of sp³-hybridized carbons (Fsp3) is 0.975.